The summed E-state index contributed by atoms with van der Waals surface area (Å²) in [7, 11) is 0. The van der Waals surface area contributed by atoms with E-state index in [-0.39, 0.29) is 0 Å². The third-order valence-corrected chi connectivity index (χ3v) is 4.52. The van der Waals surface area contributed by atoms with Crippen molar-refractivity contribution in [1.29, 1.82) is 0 Å². The van der Waals surface area contributed by atoms with E-state index < -0.39 is 0 Å². The second-order valence-electron chi connectivity index (χ2n) is 6.73. The van der Waals surface area contributed by atoms with Crippen molar-refractivity contribution in [2.45, 2.75) is 32.9 Å². The molecular weight excluding hydrogens is 300 g/mol. The van der Waals surface area contributed by atoms with Crippen LogP contribution in [0.5, 0.6) is 0 Å². The summed E-state index contributed by atoms with van der Waals surface area (Å²) in [5.41, 5.74) is 2.63. The highest BCUT2D eigenvalue weighted by molar-refractivity contribution is 5.79. The zero-order chi connectivity index (χ0) is 16.6. The molecule has 5 nitrogen and oxygen atoms in total. The molecule has 0 radical (unpaired) electrons. The van der Waals surface area contributed by atoms with Crippen molar-refractivity contribution in [2.75, 3.05) is 39.4 Å². The number of guanidine groups is 1. The predicted molar refractivity (Wildman–Crippen MR) is 98.1 cm³/mol. The summed E-state index contributed by atoms with van der Waals surface area (Å²) >= 11 is 0. The number of aliphatic imine (C=N–C) groups is 1. The average Bonchev–Trinajstić information content (AvgIpc) is 3.43. The number of rotatable bonds is 7. The third-order valence-electron chi connectivity index (χ3n) is 4.52. The first kappa shape index (κ1) is 17.2. The van der Waals surface area contributed by atoms with E-state index in [1.165, 1.54) is 24.0 Å². The topological polar surface area (TPSA) is 48.9 Å². The second-order valence-corrected chi connectivity index (χ2v) is 6.73. The molecule has 1 aromatic rings. The molecule has 1 saturated carbocycles. The molecule has 132 valence electrons. The molecule has 3 rings (SSSR count). The van der Waals surface area contributed by atoms with Gasteiger partial charge < -0.3 is 15.4 Å². The van der Waals surface area contributed by atoms with Gasteiger partial charge in [-0.3, -0.25) is 4.90 Å². The van der Waals surface area contributed by atoms with Gasteiger partial charge in [0.05, 0.1) is 19.8 Å². The molecule has 1 aliphatic heterocycles. The number of nitrogens with one attached hydrogen (secondary N) is 2. The number of nitrogens with zero attached hydrogens (tertiary/aromatic N) is 2. The summed E-state index contributed by atoms with van der Waals surface area (Å²) in [5, 5.41) is 6.78. The summed E-state index contributed by atoms with van der Waals surface area (Å²) in [5.74, 6) is 1.79. The van der Waals surface area contributed by atoms with Gasteiger partial charge in [0.1, 0.15) is 0 Å². The van der Waals surface area contributed by atoms with Crippen LogP contribution in [0.15, 0.2) is 29.3 Å². The van der Waals surface area contributed by atoms with Crippen molar-refractivity contribution in [1.82, 2.24) is 15.5 Å². The van der Waals surface area contributed by atoms with E-state index in [1.54, 1.807) is 0 Å². The fraction of sp³-hybridized carbons (Fsp3) is 0.632. The van der Waals surface area contributed by atoms with Crippen molar-refractivity contribution < 1.29 is 4.74 Å². The first-order valence-electron chi connectivity index (χ1n) is 9.23. The lowest BCUT2D eigenvalue weighted by Crippen LogP contribution is -2.38. The second kappa shape index (κ2) is 9.04. The van der Waals surface area contributed by atoms with Crippen LogP contribution in [-0.2, 0) is 17.8 Å². The zero-order valence-electron chi connectivity index (χ0n) is 14.8. The molecule has 5 heteroatoms. The van der Waals surface area contributed by atoms with Gasteiger partial charge in [0.2, 0.25) is 0 Å². The lowest BCUT2D eigenvalue weighted by Gasteiger charge is -2.26. The number of morpholine rings is 1. The SMILES string of the molecule is CCNC(=NCc1cccc(CN2CCOCC2)c1)NCC1CC1. The number of ether oxygens (including phenoxy) is 1. The number of hydrogen-bond donors (Lipinski definition) is 2. The quantitative estimate of drug-likeness (QED) is 0.593. The number of hydrogen-bond acceptors (Lipinski definition) is 3. The van der Waals surface area contributed by atoms with E-state index in [2.05, 4.69) is 46.7 Å². The monoisotopic (exact) mass is 330 g/mol. The molecule has 2 aliphatic rings. The van der Waals surface area contributed by atoms with Gasteiger partial charge in [0.25, 0.3) is 0 Å². The molecule has 0 amide bonds. The van der Waals surface area contributed by atoms with E-state index in [4.69, 9.17) is 9.73 Å². The molecule has 2 fully saturated rings. The summed E-state index contributed by atoms with van der Waals surface area (Å²) in [6.45, 7) is 9.52. The van der Waals surface area contributed by atoms with Crippen LogP contribution in [0, 0.1) is 5.92 Å². The Morgan fingerprint density at radius 3 is 2.75 bits per heavy atom. The standard InChI is InChI=1S/C19H30N4O/c1-2-20-19(21-13-16-6-7-16)22-14-17-4-3-5-18(12-17)15-23-8-10-24-11-9-23/h3-5,12,16H,2,6-11,13-15H2,1H3,(H2,20,21,22). The van der Waals surface area contributed by atoms with Crippen LogP contribution in [-0.4, -0.2) is 50.3 Å². The molecule has 2 N–H and O–H groups in total. The molecule has 1 heterocycles. The number of benzene rings is 1. The molecule has 24 heavy (non-hydrogen) atoms. The molecule has 1 aliphatic carbocycles. The molecule has 0 unspecified atom stereocenters. The Hall–Kier alpha value is -1.59. The van der Waals surface area contributed by atoms with Crippen molar-refractivity contribution in [3.8, 4) is 0 Å². The Balaban J connectivity index is 1.54. The van der Waals surface area contributed by atoms with Crippen molar-refractivity contribution in [2.24, 2.45) is 10.9 Å². The van der Waals surface area contributed by atoms with Gasteiger partial charge in [0.15, 0.2) is 5.96 Å². The fourth-order valence-corrected chi connectivity index (χ4v) is 2.92. The molecule has 1 saturated heterocycles. The van der Waals surface area contributed by atoms with Gasteiger partial charge >= 0.3 is 0 Å². The highest BCUT2D eigenvalue weighted by Gasteiger charge is 2.21. The van der Waals surface area contributed by atoms with Crippen molar-refractivity contribution in [3.05, 3.63) is 35.4 Å². The largest absolute Gasteiger partial charge is 0.379 e. The molecule has 0 bridgehead atoms. The van der Waals surface area contributed by atoms with E-state index in [0.29, 0.717) is 0 Å². The lowest BCUT2D eigenvalue weighted by molar-refractivity contribution is 0.0342. The third kappa shape index (κ3) is 5.80. The van der Waals surface area contributed by atoms with E-state index in [0.717, 1.165) is 64.4 Å². The van der Waals surface area contributed by atoms with Gasteiger partial charge in [0, 0.05) is 32.7 Å². The summed E-state index contributed by atoms with van der Waals surface area (Å²) < 4.78 is 5.42. The smallest absolute Gasteiger partial charge is 0.191 e. The Kier molecular flexibility index (Phi) is 6.49. The van der Waals surface area contributed by atoms with E-state index in [1.807, 2.05) is 0 Å². The highest BCUT2D eigenvalue weighted by Crippen LogP contribution is 2.27. The van der Waals surface area contributed by atoms with Crippen LogP contribution in [0.25, 0.3) is 0 Å². The van der Waals surface area contributed by atoms with Crippen LogP contribution in [0.1, 0.15) is 30.9 Å². The first-order chi connectivity index (χ1) is 11.8. The van der Waals surface area contributed by atoms with Crippen LogP contribution in [0.4, 0.5) is 0 Å². The maximum Gasteiger partial charge on any atom is 0.191 e. The normalized spacial score (nSPS) is 19.3. The molecule has 0 spiro atoms. The summed E-state index contributed by atoms with van der Waals surface area (Å²) in [6.07, 6.45) is 2.71. The van der Waals surface area contributed by atoms with Crippen LogP contribution >= 0.6 is 0 Å². The Bertz CT molecular complexity index is 536. The van der Waals surface area contributed by atoms with Gasteiger partial charge in [-0.05, 0) is 36.8 Å². The van der Waals surface area contributed by atoms with Gasteiger partial charge in [-0.2, -0.15) is 0 Å². The van der Waals surface area contributed by atoms with Crippen LogP contribution < -0.4 is 10.6 Å². The Morgan fingerprint density at radius 2 is 2.00 bits per heavy atom. The highest BCUT2D eigenvalue weighted by atomic mass is 16.5. The maximum absolute atomic E-state index is 5.42. The van der Waals surface area contributed by atoms with Gasteiger partial charge in [-0.15, -0.1) is 0 Å². The lowest BCUT2D eigenvalue weighted by atomic mass is 10.1. The Morgan fingerprint density at radius 1 is 1.21 bits per heavy atom. The molecular formula is C19H30N4O. The molecule has 0 aromatic heterocycles. The zero-order valence-corrected chi connectivity index (χ0v) is 14.8. The van der Waals surface area contributed by atoms with Crippen LogP contribution in [0.2, 0.25) is 0 Å². The predicted octanol–water partition coefficient (Wildman–Crippen LogP) is 1.98. The van der Waals surface area contributed by atoms with E-state index >= 15 is 0 Å². The van der Waals surface area contributed by atoms with Crippen LogP contribution in [0.3, 0.4) is 0 Å². The fourth-order valence-electron chi connectivity index (χ4n) is 2.92. The van der Waals surface area contributed by atoms with E-state index in [9.17, 15) is 0 Å². The van der Waals surface area contributed by atoms with Crippen molar-refractivity contribution in [3.63, 3.8) is 0 Å². The van der Waals surface area contributed by atoms with Gasteiger partial charge in [-0.1, -0.05) is 24.3 Å². The summed E-state index contributed by atoms with van der Waals surface area (Å²) in [6, 6.07) is 8.80. The minimum atomic E-state index is 0.719. The Labute approximate surface area is 145 Å². The minimum absolute atomic E-state index is 0.719. The molecule has 1 aromatic carbocycles. The maximum atomic E-state index is 5.42. The van der Waals surface area contributed by atoms with Crippen molar-refractivity contribution >= 4 is 5.96 Å². The van der Waals surface area contributed by atoms with Gasteiger partial charge in [-0.25, -0.2) is 4.99 Å². The molecule has 0 atom stereocenters. The first-order valence-corrected chi connectivity index (χ1v) is 9.23. The summed E-state index contributed by atoms with van der Waals surface area (Å²) in [4.78, 5) is 7.18. The average molecular weight is 330 g/mol. The minimum Gasteiger partial charge on any atom is -0.379 e.